The van der Waals surface area contributed by atoms with E-state index in [1.165, 1.54) is 25.7 Å². The smallest absolute Gasteiger partial charge is 0.0247 e. The van der Waals surface area contributed by atoms with E-state index in [1.54, 1.807) is 0 Å². The number of likely N-dealkylation sites (N-methyl/N-ethyl adjacent to an activating group) is 1. The molecule has 2 heterocycles. The van der Waals surface area contributed by atoms with Crippen LogP contribution in [0.1, 0.15) is 25.7 Å². The summed E-state index contributed by atoms with van der Waals surface area (Å²) >= 11 is 0. The Balaban J connectivity index is 2.13. The fraction of sp³-hybridized carbons (Fsp3) is 1.00. The van der Waals surface area contributed by atoms with Gasteiger partial charge in [-0.2, -0.15) is 0 Å². The molecule has 2 nitrogen and oxygen atoms in total. The van der Waals surface area contributed by atoms with Gasteiger partial charge < -0.3 is 5.73 Å². The predicted octanol–water partition coefficient (Wildman–Crippen LogP) is 0.570. The van der Waals surface area contributed by atoms with E-state index in [2.05, 4.69) is 11.9 Å². The molecule has 2 fully saturated rings. The monoisotopic (exact) mass is 140 g/mol. The van der Waals surface area contributed by atoms with E-state index in [4.69, 9.17) is 5.73 Å². The molecule has 3 atom stereocenters. The van der Waals surface area contributed by atoms with Crippen LogP contribution in [0.15, 0.2) is 0 Å². The molecule has 0 radical (unpaired) electrons. The second-order valence-electron chi connectivity index (χ2n) is 3.71. The van der Waals surface area contributed by atoms with E-state index in [0.29, 0.717) is 12.1 Å². The first-order valence-electron chi connectivity index (χ1n) is 4.26. The molecule has 0 spiro atoms. The van der Waals surface area contributed by atoms with Crippen LogP contribution in [0, 0.1) is 0 Å². The summed E-state index contributed by atoms with van der Waals surface area (Å²) in [7, 11) is 2.22. The molecule has 2 N–H and O–H groups in total. The molecule has 58 valence electrons. The third kappa shape index (κ3) is 0.789. The SMILES string of the molecule is CN1[C@@H]2CCC(N)[C@H]1CC2. The summed E-state index contributed by atoms with van der Waals surface area (Å²) in [5, 5.41) is 0. The fourth-order valence-corrected chi connectivity index (χ4v) is 2.48. The Morgan fingerprint density at radius 3 is 2.60 bits per heavy atom. The summed E-state index contributed by atoms with van der Waals surface area (Å²) in [6, 6.07) is 2.03. The zero-order valence-electron chi connectivity index (χ0n) is 6.59. The van der Waals surface area contributed by atoms with Crippen molar-refractivity contribution in [3.8, 4) is 0 Å². The standard InChI is InChI=1S/C8H16N2/c1-10-6-2-4-7(9)8(10)5-3-6/h6-8H,2-5,9H2,1H3/t6-,7?,8-/m1/s1. The van der Waals surface area contributed by atoms with Gasteiger partial charge in [0.05, 0.1) is 0 Å². The number of fused-ring (bicyclic) bond motifs is 2. The normalized spacial score (nSPS) is 48.0. The van der Waals surface area contributed by atoms with Crippen LogP contribution in [0.2, 0.25) is 0 Å². The van der Waals surface area contributed by atoms with Gasteiger partial charge in [-0.25, -0.2) is 0 Å². The molecule has 0 aromatic carbocycles. The van der Waals surface area contributed by atoms with Crippen molar-refractivity contribution < 1.29 is 0 Å². The lowest BCUT2D eigenvalue weighted by atomic mass is 9.99. The van der Waals surface area contributed by atoms with Crippen molar-refractivity contribution >= 4 is 0 Å². The van der Waals surface area contributed by atoms with Crippen LogP contribution in [-0.4, -0.2) is 30.1 Å². The fourth-order valence-electron chi connectivity index (χ4n) is 2.48. The molecule has 10 heavy (non-hydrogen) atoms. The second-order valence-corrected chi connectivity index (χ2v) is 3.71. The minimum atomic E-state index is 0.462. The maximum Gasteiger partial charge on any atom is 0.0247 e. The summed E-state index contributed by atoms with van der Waals surface area (Å²) in [4.78, 5) is 2.48. The van der Waals surface area contributed by atoms with Crippen molar-refractivity contribution in [3.05, 3.63) is 0 Å². The molecular weight excluding hydrogens is 124 g/mol. The first kappa shape index (κ1) is 6.62. The van der Waals surface area contributed by atoms with Gasteiger partial charge in [-0.05, 0) is 32.7 Å². The molecule has 2 aliphatic rings. The Kier molecular flexibility index (Phi) is 1.46. The third-order valence-corrected chi connectivity index (χ3v) is 3.22. The highest BCUT2D eigenvalue weighted by Crippen LogP contribution is 2.32. The molecule has 2 heteroatoms. The number of hydrogen-bond donors (Lipinski definition) is 1. The Morgan fingerprint density at radius 1 is 1.20 bits per heavy atom. The van der Waals surface area contributed by atoms with Gasteiger partial charge in [-0.1, -0.05) is 0 Å². The van der Waals surface area contributed by atoms with E-state index in [-0.39, 0.29) is 0 Å². The Bertz CT molecular complexity index is 135. The van der Waals surface area contributed by atoms with Crippen LogP contribution in [0.25, 0.3) is 0 Å². The van der Waals surface area contributed by atoms with Crippen LogP contribution in [0.4, 0.5) is 0 Å². The van der Waals surface area contributed by atoms with Crippen molar-refractivity contribution in [2.24, 2.45) is 5.73 Å². The summed E-state index contributed by atoms with van der Waals surface area (Å²) in [6.45, 7) is 0. The largest absolute Gasteiger partial charge is 0.326 e. The maximum atomic E-state index is 5.96. The van der Waals surface area contributed by atoms with Crippen LogP contribution >= 0.6 is 0 Å². The van der Waals surface area contributed by atoms with Gasteiger partial charge in [0.2, 0.25) is 0 Å². The minimum absolute atomic E-state index is 0.462. The van der Waals surface area contributed by atoms with Gasteiger partial charge in [-0.3, -0.25) is 4.90 Å². The van der Waals surface area contributed by atoms with E-state index >= 15 is 0 Å². The van der Waals surface area contributed by atoms with Crippen LogP contribution in [-0.2, 0) is 0 Å². The Morgan fingerprint density at radius 2 is 1.90 bits per heavy atom. The molecule has 0 aliphatic carbocycles. The first-order chi connectivity index (χ1) is 4.79. The second kappa shape index (κ2) is 2.21. The average Bonchev–Trinajstić information content (AvgIpc) is 2.13. The maximum absolute atomic E-state index is 5.96. The highest BCUT2D eigenvalue weighted by Gasteiger charge is 2.37. The molecular formula is C8H16N2. The van der Waals surface area contributed by atoms with Crippen molar-refractivity contribution in [2.45, 2.75) is 43.8 Å². The zero-order chi connectivity index (χ0) is 7.14. The number of rotatable bonds is 0. The highest BCUT2D eigenvalue weighted by atomic mass is 15.2. The lowest BCUT2D eigenvalue weighted by Crippen LogP contribution is -2.48. The molecule has 1 unspecified atom stereocenters. The number of piperidine rings is 1. The van der Waals surface area contributed by atoms with Crippen molar-refractivity contribution in [2.75, 3.05) is 7.05 Å². The summed E-state index contributed by atoms with van der Waals surface area (Å²) in [5.41, 5.74) is 5.96. The first-order valence-corrected chi connectivity index (χ1v) is 4.26. The zero-order valence-corrected chi connectivity index (χ0v) is 6.59. The Labute approximate surface area is 62.4 Å². The summed E-state index contributed by atoms with van der Waals surface area (Å²) < 4.78 is 0. The van der Waals surface area contributed by atoms with Gasteiger partial charge in [-0.15, -0.1) is 0 Å². The van der Waals surface area contributed by atoms with E-state index in [1.807, 2.05) is 0 Å². The lowest BCUT2D eigenvalue weighted by Gasteiger charge is -2.35. The predicted molar refractivity (Wildman–Crippen MR) is 41.8 cm³/mol. The minimum Gasteiger partial charge on any atom is -0.326 e. The highest BCUT2D eigenvalue weighted by molar-refractivity contribution is 4.96. The molecule has 0 amide bonds. The number of nitrogens with two attached hydrogens (primary N) is 1. The van der Waals surface area contributed by atoms with Gasteiger partial charge in [0.15, 0.2) is 0 Å². The van der Waals surface area contributed by atoms with Crippen molar-refractivity contribution in [3.63, 3.8) is 0 Å². The summed E-state index contributed by atoms with van der Waals surface area (Å²) in [5.74, 6) is 0. The number of hydrogen-bond acceptors (Lipinski definition) is 2. The van der Waals surface area contributed by atoms with Crippen molar-refractivity contribution in [1.82, 2.24) is 4.90 Å². The molecule has 2 aliphatic heterocycles. The van der Waals surface area contributed by atoms with Gasteiger partial charge in [0, 0.05) is 18.1 Å². The molecule has 0 aromatic heterocycles. The topological polar surface area (TPSA) is 29.3 Å². The van der Waals surface area contributed by atoms with Crippen LogP contribution < -0.4 is 5.73 Å². The van der Waals surface area contributed by atoms with E-state index in [0.717, 1.165) is 6.04 Å². The van der Waals surface area contributed by atoms with Gasteiger partial charge >= 0.3 is 0 Å². The lowest BCUT2D eigenvalue weighted by molar-refractivity contribution is 0.158. The van der Waals surface area contributed by atoms with E-state index in [9.17, 15) is 0 Å². The molecule has 2 rings (SSSR count). The molecule has 0 saturated carbocycles. The molecule has 0 aromatic rings. The number of nitrogens with zero attached hydrogens (tertiary/aromatic N) is 1. The van der Waals surface area contributed by atoms with Crippen LogP contribution in [0.3, 0.4) is 0 Å². The third-order valence-electron chi connectivity index (χ3n) is 3.22. The van der Waals surface area contributed by atoms with Crippen LogP contribution in [0.5, 0.6) is 0 Å². The van der Waals surface area contributed by atoms with Gasteiger partial charge in [0.25, 0.3) is 0 Å². The Hall–Kier alpha value is -0.0800. The van der Waals surface area contributed by atoms with E-state index < -0.39 is 0 Å². The van der Waals surface area contributed by atoms with Crippen molar-refractivity contribution in [1.29, 1.82) is 0 Å². The molecule has 2 bridgehead atoms. The average molecular weight is 140 g/mol. The summed E-state index contributed by atoms with van der Waals surface area (Å²) in [6.07, 6.45) is 5.30. The molecule has 2 saturated heterocycles. The quantitative estimate of drug-likeness (QED) is 0.533. The van der Waals surface area contributed by atoms with Gasteiger partial charge in [0.1, 0.15) is 0 Å².